The first kappa shape index (κ1) is 102. The minimum atomic E-state index is -4.97. The molecular formula is C85H162O17P2. The molecule has 0 heterocycles. The highest BCUT2D eigenvalue weighted by atomic mass is 31.2. The lowest BCUT2D eigenvalue weighted by molar-refractivity contribution is -0.161. The molecule has 0 aromatic carbocycles. The van der Waals surface area contributed by atoms with Gasteiger partial charge in [0.25, 0.3) is 0 Å². The summed E-state index contributed by atoms with van der Waals surface area (Å²) >= 11 is 0. The van der Waals surface area contributed by atoms with Crippen molar-refractivity contribution in [3.8, 4) is 0 Å². The van der Waals surface area contributed by atoms with E-state index in [1.54, 1.807) is 0 Å². The molecule has 104 heavy (non-hydrogen) atoms. The van der Waals surface area contributed by atoms with Gasteiger partial charge in [-0.15, -0.1) is 0 Å². The van der Waals surface area contributed by atoms with Gasteiger partial charge in [0.1, 0.15) is 19.3 Å². The minimum absolute atomic E-state index is 0.0845. The lowest BCUT2D eigenvalue weighted by atomic mass is 10.0. The monoisotopic (exact) mass is 1520 g/mol. The van der Waals surface area contributed by atoms with Crippen molar-refractivity contribution in [2.45, 2.75) is 445 Å². The first-order chi connectivity index (χ1) is 50.4. The second-order valence-corrected chi connectivity index (χ2v) is 33.7. The predicted molar refractivity (Wildman–Crippen MR) is 427 cm³/mol. The van der Waals surface area contributed by atoms with Gasteiger partial charge in [0.2, 0.25) is 0 Å². The van der Waals surface area contributed by atoms with Gasteiger partial charge in [-0.05, 0) is 63.2 Å². The number of phosphoric ester groups is 2. The molecule has 0 saturated carbocycles. The molecule has 0 amide bonds. The Morgan fingerprint density at radius 1 is 0.298 bits per heavy atom. The summed E-state index contributed by atoms with van der Waals surface area (Å²) in [6.45, 7) is 9.55. The Kier molecular flexibility index (Phi) is 74.1. The molecule has 0 aliphatic heterocycles. The van der Waals surface area contributed by atoms with E-state index >= 15 is 0 Å². The van der Waals surface area contributed by atoms with Crippen LogP contribution in [0, 0.1) is 11.8 Å². The first-order valence-electron chi connectivity index (χ1n) is 43.3. The molecule has 0 aliphatic rings. The van der Waals surface area contributed by atoms with Gasteiger partial charge in [0.15, 0.2) is 12.2 Å². The van der Waals surface area contributed by atoms with Gasteiger partial charge in [0, 0.05) is 25.7 Å². The summed E-state index contributed by atoms with van der Waals surface area (Å²) in [5.74, 6) is -0.637. The summed E-state index contributed by atoms with van der Waals surface area (Å²) in [6.07, 6.45) is 70.4. The largest absolute Gasteiger partial charge is 0.472 e. The number of hydrogen-bond donors (Lipinski definition) is 3. The average Bonchev–Trinajstić information content (AvgIpc) is 0.920. The zero-order chi connectivity index (χ0) is 76.4. The maximum atomic E-state index is 13.1. The maximum absolute atomic E-state index is 13.1. The van der Waals surface area contributed by atoms with Crippen molar-refractivity contribution in [2.75, 3.05) is 39.6 Å². The average molecular weight is 1520 g/mol. The Balaban J connectivity index is 5.25. The number of hydrogen-bond acceptors (Lipinski definition) is 15. The molecule has 0 rings (SSSR count). The van der Waals surface area contributed by atoms with Crippen molar-refractivity contribution in [3.63, 3.8) is 0 Å². The van der Waals surface area contributed by atoms with Crippen LogP contribution in [0.3, 0.4) is 0 Å². The van der Waals surface area contributed by atoms with Gasteiger partial charge in [-0.1, -0.05) is 374 Å². The molecule has 2 unspecified atom stereocenters. The van der Waals surface area contributed by atoms with Gasteiger partial charge >= 0.3 is 39.5 Å². The fourth-order valence-corrected chi connectivity index (χ4v) is 14.3. The zero-order valence-electron chi connectivity index (χ0n) is 67.8. The molecule has 5 atom stereocenters. The Bertz CT molecular complexity index is 2090. The van der Waals surface area contributed by atoms with Crippen molar-refractivity contribution in [2.24, 2.45) is 11.8 Å². The van der Waals surface area contributed by atoms with E-state index in [1.165, 1.54) is 225 Å². The third-order valence-corrected chi connectivity index (χ3v) is 21.2. The molecule has 17 nitrogen and oxygen atoms in total. The molecule has 0 aromatic heterocycles. The molecule has 0 spiro atoms. The van der Waals surface area contributed by atoms with Gasteiger partial charge in [0.05, 0.1) is 26.4 Å². The highest BCUT2D eigenvalue weighted by Crippen LogP contribution is 2.45. The molecule has 19 heteroatoms. The molecule has 0 radical (unpaired) electrons. The summed E-state index contributed by atoms with van der Waals surface area (Å²) in [6, 6.07) is 0. The minimum Gasteiger partial charge on any atom is -0.462 e. The normalized spacial score (nSPS) is 14.0. The van der Waals surface area contributed by atoms with Crippen LogP contribution in [0.2, 0.25) is 0 Å². The van der Waals surface area contributed by atoms with E-state index in [4.69, 9.17) is 37.0 Å². The Hall–Kier alpha value is -2.46. The number of carbonyl (C=O) groups excluding carboxylic acids is 4. The highest BCUT2D eigenvalue weighted by molar-refractivity contribution is 7.47. The molecule has 0 bridgehead atoms. The van der Waals surface area contributed by atoms with Crippen LogP contribution in [0.4, 0.5) is 0 Å². The smallest absolute Gasteiger partial charge is 0.462 e. The van der Waals surface area contributed by atoms with Crippen molar-refractivity contribution < 1.29 is 80.2 Å². The third-order valence-electron chi connectivity index (χ3n) is 19.3. The number of rotatable bonds is 82. The second-order valence-electron chi connectivity index (χ2n) is 30.8. The van der Waals surface area contributed by atoms with E-state index in [0.29, 0.717) is 31.6 Å². The number of esters is 4. The maximum Gasteiger partial charge on any atom is 0.472 e. The molecular weight excluding hydrogens is 1350 g/mol. The fraction of sp³-hybridized carbons (Fsp3) is 0.906. The van der Waals surface area contributed by atoms with E-state index in [0.717, 1.165) is 115 Å². The van der Waals surface area contributed by atoms with E-state index in [1.807, 2.05) is 0 Å². The fourth-order valence-electron chi connectivity index (χ4n) is 12.7. The van der Waals surface area contributed by atoms with Crippen LogP contribution in [-0.2, 0) is 65.4 Å². The van der Waals surface area contributed by atoms with Crippen molar-refractivity contribution in [3.05, 3.63) is 24.3 Å². The first-order valence-corrected chi connectivity index (χ1v) is 46.3. The lowest BCUT2D eigenvalue weighted by Gasteiger charge is -2.21. The zero-order valence-corrected chi connectivity index (χ0v) is 69.6. The number of ether oxygens (including phenoxy) is 4. The van der Waals surface area contributed by atoms with Crippen LogP contribution in [-0.4, -0.2) is 96.7 Å². The van der Waals surface area contributed by atoms with Gasteiger partial charge in [-0.3, -0.25) is 37.3 Å². The summed E-state index contributed by atoms with van der Waals surface area (Å²) in [7, 11) is -9.94. The second kappa shape index (κ2) is 75.9. The van der Waals surface area contributed by atoms with Crippen molar-refractivity contribution in [1.82, 2.24) is 0 Å². The van der Waals surface area contributed by atoms with Gasteiger partial charge < -0.3 is 33.8 Å². The standard InChI is InChI=1S/C85H162O17P2/c1-7-9-11-13-15-17-19-21-23-24-25-26-27-28-29-31-37-41-45-51-58-64-70-84(89)101-80(73-95-82(87)67-61-55-49-43-39-35-33-32-34-38-42-47-53-59-65-77(3)4)75-99-103(91,92)97-71-79(86)72-98-104(93,94)100-76-81(74-96-83(88)68-62-56-52-46-48-54-60-66-78(5)6)102-85(90)69-63-57-50-44-40-36-30-22-20-18-16-14-12-10-8-2/h18,20,22,30,77-81,86H,7-17,19,21,23-29,31-76H2,1-6H3,(H,91,92)(H,93,94)/b20-18-,30-22-/t79-,80-,81-/m1/s1. The summed E-state index contributed by atoms with van der Waals surface area (Å²) in [5.41, 5.74) is 0. The predicted octanol–water partition coefficient (Wildman–Crippen LogP) is 25.4. The number of unbranched alkanes of at least 4 members (excludes halogenated alkanes) is 49. The topological polar surface area (TPSA) is 237 Å². The molecule has 614 valence electrons. The summed E-state index contributed by atoms with van der Waals surface area (Å²) in [5, 5.41) is 10.7. The molecule has 0 aliphatic carbocycles. The van der Waals surface area contributed by atoms with Gasteiger partial charge in [-0.2, -0.15) is 0 Å². The van der Waals surface area contributed by atoms with Crippen LogP contribution < -0.4 is 0 Å². The number of phosphoric acid groups is 2. The number of aliphatic hydroxyl groups is 1. The molecule has 0 aromatic rings. The highest BCUT2D eigenvalue weighted by Gasteiger charge is 2.30. The SMILES string of the molecule is CCCCCC/C=C\C=C/CCCCCCCC(=O)O[C@H](COC(=O)CCCCCCCCCC(C)C)COP(=O)(O)OC[C@H](O)COP(=O)(O)OC[C@@H](COC(=O)CCCCCCCCCCCCCCCCC(C)C)OC(=O)CCCCCCCCCCCCCCCCCCCCCCCC. The quantitative estimate of drug-likeness (QED) is 0.0169. The Morgan fingerprint density at radius 2 is 0.519 bits per heavy atom. The van der Waals surface area contributed by atoms with Crippen LogP contribution in [0.1, 0.15) is 427 Å². The van der Waals surface area contributed by atoms with Crippen LogP contribution >= 0.6 is 15.6 Å². The van der Waals surface area contributed by atoms with Crippen LogP contribution in [0.25, 0.3) is 0 Å². The van der Waals surface area contributed by atoms with Crippen molar-refractivity contribution in [1.29, 1.82) is 0 Å². The number of allylic oxidation sites excluding steroid dienone is 4. The van der Waals surface area contributed by atoms with E-state index in [2.05, 4.69) is 65.8 Å². The third kappa shape index (κ3) is 77.7. The number of carbonyl (C=O) groups is 4. The number of aliphatic hydroxyl groups excluding tert-OH is 1. The molecule has 3 N–H and O–H groups in total. The van der Waals surface area contributed by atoms with Crippen LogP contribution in [0.15, 0.2) is 24.3 Å². The van der Waals surface area contributed by atoms with Crippen molar-refractivity contribution >= 4 is 39.5 Å². The Morgan fingerprint density at radius 3 is 0.788 bits per heavy atom. The van der Waals surface area contributed by atoms with Crippen LogP contribution in [0.5, 0.6) is 0 Å². The Labute approximate surface area is 637 Å². The summed E-state index contributed by atoms with van der Waals surface area (Å²) in [4.78, 5) is 73.1. The van der Waals surface area contributed by atoms with E-state index in [-0.39, 0.29) is 25.7 Å². The van der Waals surface area contributed by atoms with E-state index in [9.17, 15) is 43.2 Å². The molecule has 0 fully saturated rings. The molecule has 0 saturated heterocycles. The van der Waals surface area contributed by atoms with Gasteiger partial charge in [-0.25, -0.2) is 9.13 Å². The van der Waals surface area contributed by atoms with E-state index < -0.39 is 97.5 Å². The lowest BCUT2D eigenvalue weighted by Crippen LogP contribution is -2.30. The summed E-state index contributed by atoms with van der Waals surface area (Å²) < 4.78 is 68.8.